The summed E-state index contributed by atoms with van der Waals surface area (Å²) in [6.07, 6.45) is 0.866. The first-order chi connectivity index (χ1) is 12.1. The second-order valence-electron chi connectivity index (χ2n) is 6.55. The maximum atomic E-state index is 12.9. The van der Waals surface area contributed by atoms with E-state index in [1.54, 1.807) is 16.8 Å². The monoisotopic (exact) mass is 354 g/mol. The topological polar surface area (TPSA) is 50.2 Å². The van der Waals surface area contributed by atoms with Crippen molar-refractivity contribution in [2.24, 2.45) is 0 Å². The number of aryl methyl sites for hydroxylation is 1. The van der Waals surface area contributed by atoms with Crippen molar-refractivity contribution < 1.29 is 0 Å². The molecule has 6 heteroatoms. The molecule has 1 aromatic heterocycles. The number of hydrogen-bond acceptors (Lipinski definition) is 4. The van der Waals surface area contributed by atoms with Crippen LogP contribution in [0.15, 0.2) is 41.2 Å². The van der Waals surface area contributed by atoms with E-state index in [-0.39, 0.29) is 5.56 Å². The molecule has 1 N–H and O–H groups in total. The summed E-state index contributed by atoms with van der Waals surface area (Å²) < 4.78 is 1.58. The lowest BCUT2D eigenvalue weighted by Gasteiger charge is -2.23. The smallest absolute Gasteiger partial charge is 0.274 e. The number of nitrogens with one attached hydrogen (secondary N) is 1. The summed E-state index contributed by atoms with van der Waals surface area (Å²) in [4.78, 5) is 15.0. The first-order valence-electron chi connectivity index (χ1n) is 8.31. The fraction of sp³-hybridized carbons (Fsp3) is 0.263. The van der Waals surface area contributed by atoms with Crippen molar-refractivity contribution in [3.05, 3.63) is 51.8 Å². The van der Waals surface area contributed by atoms with Gasteiger partial charge in [0.2, 0.25) is 0 Å². The van der Waals surface area contributed by atoms with Crippen LogP contribution in [0.2, 0.25) is 5.02 Å². The Morgan fingerprint density at radius 2 is 2.00 bits per heavy atom. The normalized spacial score (nSPS) is 12.3. The standard InChI is InChI=1S/C19H19ClN4O/c1-23(2)10-5-11-24-19(25)13-8-9-14(20)18-16(13)17(22-24)12-6-3-4-7-15(12)21-18/h3-4,6-9,21H,5,10-11H2,1-2H3. The van der Waals surface area contributed by atoms with Crippen molar-refractivity contribution in [1.82, 2.24) is 14.7 Å². The summed E-state index contributed by atoms with van der Waals surface area (Å²) >= 11 is 6.38. The van der Waals surface area contributed by atoms with Crippen LogP contribution in [0.5, 0.6) is 0 Å². The Morgan fingerprint density at radius 3 is 2.80 bits per heavy atom. The zero-order valence-corrected chi connectivity index (χ0v) is 15.0. The Bertz CT molecular complexity index is 1030. The largest absolute Gasteiger partial charge is 0.353 e. The van der Waals surface area contributed by atoms with E-state index in [4.69, 9.17) is 16.7 Å². The predicted octanol–water partition coefficient (Wildman–Crippen LogP) is 3.73. The average molecular weight is 355 g/mol. The minimum absolute atomic E-state index is 0.0726. The van der Waals surface area contributed by atoms with Crippen LogP contribution < -0.4 is 10.9 Å². The quantitative estimate of drug-likeness (QED) is 0.606. The molecule has 0 spiro atoms. The molecule has 0 amide bonds. The number of halogens is 1. The maximum absolute atomic E-state index is 12.9. The second-order valence-corrected chi connectivity index (χ2v) is 6.96. The van der Waals surface area contributed by atoms with Gasteiger partial charge in [-0.25, -0.2) is 4.68 Å². The third-order valence-corrected chi connectivity index (χ3v) is 4.81. The van der Waals surface area contributed by atoms with Crippen molar-refractivity contribution in [2.75, 3.05) is 26.0 Å². The summed E-state index contributed by atoms with van der Waals surface area (Å²) in [5.41, 5.74) is 3.44. The molecule has 3 aromatic rings. The zero-order valence-electron chi connectivity index (χ0n) is 14.2. The molecule has 4 rings (SSSR count). The molecular weight excluding hydrogens is 336 g/mol. The summed E-state index contributed by atoms with van der Waals surface area (Å²) in [5.74, 6) is 0. The van der Waals surface area contributed by atoms with Gasteiger partial charge in [-0.2, -0.15) is 5.10 Å². The Kier molecular flexibility index (Phi) is 3.98. The Hall–Kier alpha value is -2.37. The highest BCUT2D eigenvalue weighted by Gasteiger charge is 2.23. The Balaban J connectivity index is 1.94. The van der Waals surface area contributed by atoms with E-state index in [9.17, 15) is 4.79 Å². The molecule has 0 saturated heterocycles. The van der Waals surface area contributed by atoms with Crippen LogP contribution in [0.4, 0.5) is 11.4 Å². The summed E-state index contributed by atoms with van der Waals surface area (Å²) in [6.45, 7) is 1.50. The van der Waals surface area contributed by atoms with Crippen molar-refractivity contribution in [3.63, 3.8) is 0 Å². The summed E-state index contributed by atoms with van der Waals surface area (Å²) in [7, 11) is 4.05. The Labute approximate surface area is 150 Å². The lowest BCUT2D eigenvalue weighted by molar-refractivity contribution is 0.378. The van der Waals surface area contributed by atoms with Crippen molar-refractivity contribution >= 4 is 33.7 Å². The van der Waals surface area contributed by atoms with Gasteiger partial charge in [0.25, 0.3) is 5.56 Å². The molecule has 0 fully saturated rings. The number of aromatic nitrogens is 2. The molecule has 2 heterocycles. The van der Waals surface area contributed by atoms with E-state index in [0.717, 1.165) is 41.0 Å². The molecule has 2 aromatic carbocycles. The molecule has 1 aliphatic heterocycles. The number of para-hydroxylation sites is 1. The minimum atomic E-state index is -0.0726. The predicted molar refractivity (Wildman–Crippen MR) is 103 cm³/mol. The molecule has 25 heavy (non-hydrogen) atoms. The van der Waals surface area contributed by atoms with Gasteiger partial charge in [-0.1, -0.05) is 29.8 Å². The fourth-order valence-electron chi connectivity index (χ4n) is 3.29. The van der Waals surface area contributed by atoms with Gasteiger partial charge in [0.05, 0.1) is 16.1 Å². The van der Waals surface area contributed by atoms with E-state index < -0.39 is 0 Å². The number of hydrogen-bond donors (Lipinski definition) is 1. The Morgan fingerprint density at radius 1 is 1.20 bits per heavy atom. The SMILES string of the molecule is CN(C)CCCn1nc2c3c(c(Cl)ccc3c1=O)Nc1ccccc1-2. The molecule has 128 valence electrons. The van der Waals surface area contributed by atoms with Crippen LogP contribution in [-0.2, 0) is 6.54 Å². The molecule has 0 atom stereocenters. The molecular formula is C19H19ClN4O. The van der Waals surface area contributed by atoms with Crippen LogP contribution >= 0.6 is 11.6 Å². The zero-order chi connectivity index (χ0) is 17.6. The van der Waals surface area contributed by atoms with E-state index in [1.165, 1.54) is 0 Å². The number of benzene rings is 2. The lowest BCUT2D eigenvalue weighted by atomic mass is 9.98. The number of fused-ring (bicyclic) bond motifs is 2. The van der Waals surface area contributed by atoms with Gasteiger partial charge in [-0.3, -0.25) is 4.79 Å². The van der Waals surface area contributed by atoms with E-state index in [1.807, 2.05) is 38.4 Å². The van der Waals surface area contributed by atoms with E-state index >= 15 is 0 Å². The highest BCUT2D eigenvalue weighted by atomic mass is 35.5. The third kappa shape index (κ3) is 2.69. The average Bonchev–Trinajstić information content (AvgIpc) is 2.60. The highest BCUT2D eigenvalue weighted by molar-refractivity contribution is 6.36. The summed E-state index contributed by atoms with van der Waals surface area (Å²) in [6, 6.07) is 11.5. The molecule has 0 saturated carbocycles. The van der Waals surface area contributed by atoms with Gasteiger partial charge in [0.1, 0.15) is 5.69 Å². The van der Waals surface area contributed by atoms with Crippen molar-refractivity contribution in [3.8, 4) is 11.3 Å². The first kappa shape index (κ1) is 16.1. The van der Waals surface area contributed by atoms with Gasteiger partial charge < -0.3 is 10.2 Å². The third-order valence-electron chi connectivity index (χ3n) is 4.49. The molecule has 0 aliphatic carbocycles. The van der Waals surface area contributed by atoms with Crippen LogP contribution in [-0.4, -0.2) is 35.3 Å². The van der Waals surface area contributed by atoms with Gasteiger partial charge >= 0.3 is 0 Å². The van der Waals surface area contributed by atoms with E-state index in [0.29, 0.717) is 17.0 Å². The molecule has 0 unspecified atom stereocenters. The van der Waals surface area contributed by atoms with Gasteiger partial charge in [0, 0.05) is 23.2 Å². The molecule has 0 radical (unpaired) electrons. The number of nitrogens with zero attached hydrogens (tertiary/aromatic N) is 3. The van der Waals surface area contributed by atoms with Crippen LogP contribution in [0.1, 0.15) is 6.42 Å². The van der Waals surface area contributed by atoms with Gasteiger partial charge in [0.15, 0.2) is 0 Å². The number of anilines is 2. The fourth-order valence-corrected chi connectivity index (χ4v) is 3.49. The lowest BCUT2D eigenvalue weighted by Crippen LogP contribution is -2.26. The van der Waals surface area contributed by atoms with Crippen LogP contribution in [0.3, 0.4) is 0 Å². The van der Waals surface area contributed by atoms with E-state index in [2.05, 4.69) is 10.2 Å². The number of rotatable bonds is 4. The van der Waals surface area contributed by atoms with Crippen LogP contribution in [0.25, 0.3) is 22.0 Å². The van der Waals surface area contributed by atoms with Gasteiger partial charge in [-0.15, -0.1) is 0 Å². The van der Waals surface area contributed by atoms with Gasteiger partial charge in [-0.05, 0) is 45.3 Å². The van der Waals surface area contributed by atoms with Crippen LogP contribution in [0, 0.1) is 0 Å². The van der Waals surface area contributed by atoms with Crippen molar-refractivity contribution in [2.45, 2.75) is 13.0 Å². The minimum Gasteiger partial charge on any atom is -0.353 e. The molecule has 5 nitrogen and oxygen atoms in total. The maximum Gasteiger partial charge on any atom is 0.274 e. The first-order valence-corrected chi connectivity index (χ1v) is 8.68. The van der Waals surface area contributed by atoms with Crippen molar-refractivity contribution in [1.29, 1.82) is 0 Å². The molecule has 0 bridgehead atoms. The second kappa shape index (κ2) is 6.17. The highest BCUT2D eigenvalue weighted by Crippen LogP contribution is 2.44. The summed E-state index contributed by atoms with van der Waals surface area (Å²) in [5, 5.41) is 10.1. The molecule has 1 aliphatic rings.